The van der Waals surface area contributed by atoms with Crippen molar-refractivity contribution >= 4 is 23.2 Å². The number of aliphatic hydroxyl groups excluding tert-OH is 1. The molecule has 0 saturated heterocycles. The average molecular weight is 252 g/mol. The maximum atomic E-state index is 11.0. The van der Waals surface area contributed by atoms with Gasteiger partial charge >= 0.3 is 5.97 Å². The topological polar surface area (TPSA) is 46.5 Å². The second kappa shape index (κ2) is 7.01. The Labute approximate surface area is 106 Å². The minimum Gasteiger partial charge on any atom is -0.502 e. The van der Waals surface area contributed by atoms with Crippen LogP contribution in [0.3, 0.4) is 0 Å². The molecule has 92 valence electrons. The monoisotopic (exact) mass is 252 g/mol. The van der Waals surface area contributed by atoms with Crippen molar-refractivity contribution in [1.29, 1.82) is 0 Å². The van der Waals surface area contributed by atoms with Gasteiger partial charge in [0.25, 0.3) is 0 Å². The fourth-order valence-corrected chi connectivity index (χ4v) is 1.72. The van der Waals surface area contributed by atoms with E-state index < -0.39 is 0 Å². The molecule has 0 aliphatic rings. The highest BCUT2D eigenvalue weighted by atomic mass is 32.1. The molecule has 0 saturated carbocycles. The highest BCUT2D eigenvalue weighted by molar-refractivity contribution is 7.80. The summed E-state index contributed by atoms with van der Waals surface area (Å²) in [5, 5.41) is 8.95. The summed E-state index contributed by atoms with van der Waals surface area (Å²) in [5.41, 5.74) is 1.10. The van der Waals surface area contributed by atoms with Crippen LogP contribution in [0.2, 0.25) is 0 Å². The van der Waals surface area contributed by atoms with E-state index in [4.69, 9.17) is 9.84 Å². The number of hydrogen-bond donors (Lipinski definition) is 1. The van der Waals surface area contributed by atoms with Gasteiger partial charge in [-0.15, -0.1) is 0 Å². The Kier molecular flexibility index (Phi) is 5.63. The summed E-state index contributed by atoms with van der Waals surface area (Å²) in [7, 11) is 0. The Morgan fingerprint density at radius 2 is 2.06 bits per heavy atom. The number of carbonyl (C=O) groups excluding carboxylic acids is 1. The van der Waals surface area contributed by atoms with E-state index in [0.717, 1.165) is 5.56 Å². The summed E-state index contributed by atoms with van der Waals surface area (Å²) in [6.45, 7) is 1.38. The van der Waals surface area contributed by atoms with E-state index in [0.29, 0.717) is 19.3 Å². The van der Waals surface area contributed by atoms with Gasteiger partial charge in [-0.1, -0.05) is 30.3 Å². The molecule has 1 N–H and O–H groups in total. The molecule has 1 aromatic rings. The molecule has 1 unspecified atom stereocenters. The smallest absolute Gasteiger partial charge is 0.302 e. The lowest BCUT2D eigenvalue weighted by molar-refractivity contribution is -0.146. The van der Waals surface area contributed by atoms with Crippen molar-refractivity contribution < 1.29 is 14.6 Å². The van der Waals surface area contributed by atoms with Crippen LogP contribution < -0.4 is 0 Å². The largest absolute Gasteiger partial charge is 0.502 e. The highest BCUT2D eigenvalue weighted by Gasteiger charge is 2.13. The van der Waals surface area contributed by atoms with Crippen molar-refractivity contribution in [2.24, 2.45) is 0 Å². The van der Waals surface area contributed by atoms with Gasteiger partial charge < -0.3 is 9.84 Å². The van der Waals surface area contributed by atoms with Gasteiger partial charge in [0.05, 0.1) is 0 Å². The summed E-state index contributed by atoms with van der Waals surface area (Å²) in [6.07, 6.45) is 1.33. The number of esters is 1. The minimum absolute atomic E-state index is 0.0461. The standard InChI is InChI=1S/C13H16O3S/c1-10(14)16-12(7-8-13(15)17)9-11-5-3-2-4-6-11/h2-6,12H,7-9H2,1H3,(H,15,17). The van der Waals surface area contributed by atoms with Gasteiger partial charge in [0.15, 0.2) is 5.05 Å². The average Bonchev–Trinajstić information content (AvgIpc) is 2.26. The van der Waals surface area contributed by atoms with Crippen molar-refractivity contribution in [3.63, 3.8) is 0 Å². The first-order chi connectivity index (χ1) is 8.08. The summed E-state index contributed by atoms with van der Waals surface area (Å²) >= 11 is 4.61. The zero-order valence-electron chi connectivity index (χ0n) is 9.76. The molecular weight excluding hydrogens is 236 g/mol. The molecule has 0 fully saturated rings. The summed E-state index contributed by atoms with van der Waals surface area (Å²) in [6, 6.07) is 9.78. The van der Waals surface area contributed by atoms with Gasteiger partial charge in [-0.25, -0.2) is 0 Å². The van der Waals surface area contributed by atoms with E-state index in [-0.39, 0.29) is 17.1 Å². The lowest BCUT2D eigenvalue weighted by Gasteiger charge is -2.16. The summed E-state index contributed by atoms with van der Waals surface area (Å²) in [4.78, 5) is 11.0. The first kappa shape index (κ1) is 13.6. The van der Waals surface area contributed by atoms with Crippen LogP contribution in [0, 0.1) is 0 Å². The number of aliphatic hydroxyl groups is 1. The van der Waals surface area contributed by atoms with Gasteiger partial charge in [-0.3, -0.25) is 4.79 Å². The molecule has 4 heteroatoms. The van der Waals surface area contributed by atoms with Gasteiger partial charge in [-0.2, -0.15) is 0 Å². The molecule has 0 aromatic heterocycles. The molecule has 17 heavy (non-hydrogen) atoms. The molecule has 1 rings (SSSR count). The van der Waals surface area contributed by atoms with Gasteiger partial charge in [0, 0.05) is 19.8 Å². The summed E-state index contributed by atoms with van der Waals surface area (Å²) in [5.74, 6) is -0.310. The number of rotatable bonds is 6. The molecule has 3 nitrogen and oxygen atoms in total. The van der Waals surface area contributed by atoms with Crippen molar-refractivity contribution in [2.75, 3.05) is 0 Å². The van der Waals surface area contributed by atoms with E-state index in [1.165, 1.54) is 6.92 Å². The van der Waals surface area contributed by atoms with Crippen LogP contribution in [0.4, 0.5) is 0 Å². The van der Waals surface area contributed by atoms with Crippen LogP contribution in [0.1, 0.15) is 25.3 Å². The highest BCUT2D eigenvalue weighted by Crippen LogP contribution is 2.11. The molecule has 0 amide bonds. The SMILES string of the molecule is CC(=O)OC(CCC(O)=S)Cc1ccccc1. The number of benzene rings is 1. The van der Waals surface area contributed by atoms with Gasteiger partial charge in [0.1, 0.15) is 6.10 Å². The van der Waals surface area contributed by atoms with Crippen molar-refractivity contribution in [3.05, 3.63) is 35.9 Å². The fourth-order valence-electron chi connectivity index (χ4n) is 1.60. The van der Waals surface area contributed by atoms with Crippen LogP contribution in [-0.4, -0.2) is 22.2 Å². The number of carbonyl (C=O) groups is 1. The Bertz CT molecular complexity index is 376. The Hall–Kier alpha value is -1.42. The lowest BCUT2D eigenvalue weighted by atomic mass is 10.0. The quantitative estimate of drug-likeness (QED) is 0.624. The molecular formula is C13H16O3S. The molecule has 0 radical (unpaired) electrons. The first-order valence-corrected chi connectivity index (χ1v) is 5.91. The Balaban J connectivity index is 2.56. The van der Waals surface area contributed by atoms with Crippen LogP contribution in [0.15, 0.2) is 30.3 Å². The van der Waals surface area contributed by atoms with Crippen molar-refractivity contribution in [1.82, 2.24) is 0 Å². The van der Waals surface area contributed by atoms with Crippen LogP contribution in [0.5, 0.6) is 0 Å². The van der Waals surface area contributed by atoms with Crippen LogP contribution in [-0.2, 0) is 16.0 Å². The Morgan fingerprint density at radius 3 is 2.59 bits per heavy atom. The Morgan fingerprint density at radius 1 is 1.41 bits per heavy atom. The zero-order valence-corrected chi connectivity index (χ0v) is 10.6. The van der Waals surface area contributed by atoms with Gasteiger partial charge in [-0.05, 0) is 24.2 Å². The number of thiocarbonyl (C=S) groups is 1. The van der Waals surface area contributed by atoms with E-state index in [9.17, 15) is 4.79 Å². The van der Waals surface area contributed by atoms with Crippen molar-refractivity contribution in [3.8, 4) is 0 Å². The number of ether oxygens (including phenoxy) is 1. The fraction of sp³-hybridized carbons (Fsp3) is 0.385. The lowest BCUT2D eigenvalue weighted by Crippen LogP contribution is -2.20. The third-order valence-electron chi connectivity index (χ3n) is 2.32. The third-order valence-corrected chi connectivity index (χ3v) is 2.52. The second-order valence-electron chi connectivity index (χ2n) is 3.85. The first-order valence-electron chi connectivity index (χ1n) is 5.51. The minimum atomic E-state index is -0.310. The maximum absolute atomic E-state index is 11.0. The van der Waals surface area contributed by atoms with E-state index in [1.54, 1.807) is 0 Å². The molecule has 1 atom stereocenters. The molecule has 0 spiro atoms. The normalized spacial score (nSPS) is 11.8. The molecule has 0 aliphatic heterocycles. The molecule has 0 aliphatic carbocycles. The molecule has 0 bridgehead atoms. The van der Waals surface area contributed by atoms with E-state index in [2.05, 4.69) is 12.2 Å². The molecule has 1 aromatic carbocycles. The predicted octanol–water partition coefficient (Wildman–Crippen LogP) is 2.83. The van der Waals surface area contributed by atoms with E-state index >= 15 is 0 Å². The van der Waals surface area contributed by atoms with E-state index in [1.807, 2.05) is 30.3 Å². The van der Waals surface area contributed by atoms with Gasteiger partial charge in [0.2, 0.25) is 0 Å². The third kappa shape index (κ3) is 6.02. The zero-order chi connectivity index (χ0) is 12.7. The van der Waals surface area contributed by atoms with Crippen LogP contribution >= 0.6 is 12.2 Å². The van der Waals surface area contributed by atoms with Crippen LogP contribution in [0.25, 0.3) is 0 Å². The second-order valence-corrected chi connectivity index (χ2v) is 4.32. The molecule has 0 heterocycles. The van der Waals surface area contributed by atoms with Crippen molar-refractivity contribution in [2.45, 2.75) is 32.3 Å². The number of hydrogen-bond acceptors (Lipinski definition) is 3. The summed E-state index contributed by atoms with van der Waals surface area (Å²) < 4.78 is 5.20. The predicted molar refractivity (Wildman–Crippen MR) is 70.2 cm³/mol. The maximum Gasteiger partial charge on any atom is 0.302 e.